The summed E-state index contributed by atoms with van der Waals surface area (Å²) in [5.41, 5.74) is 0. The number of pyridine rings is 1. The molecule has 0 saturated heterocycles. The van der Waals surface area contributed by atoms with Crippen molar-refractivity contribution in [2.75, 3.05) is 20.7 Å². The van der Waals surface area contributed by atoms with Crippen LogP contribution in [0.2, 0.25) is 0 Å². The molecule has 1 heterocycles. The third-order valence-electron chi connectivity index (χ3n) is 2.20. The summed E-state index contributed by atoms with van der Waals surface area (Å²) in [6, 6.07) is 1.49. The van der Waals surface area contributed by atoms with E-state index in [1.54, 1.807) is 7.05 Å². The van der Waals surface area contributed by atoms with E-state index in [2.05, 4.69) is 20.9 Å². The van der Waals surface area contributed by atoms with Crippen LogP contribution in [0.1, 0.15) is 13.3 Å². The summed E-state index contributed by atoms with van der Waals surface area (Å²) >= 11 is 3.21. The Morgan fingerprint density at radius 2 is 2.18 bits per heavy atom. The van der Waals surface area contributed by atoms with Gasteiger partial charge in [0.15, 0.2) is 0 Å². The number of halogens is 1. The van der Waals surface area contributed by atoms with E-state index in [9.17, 15) is 8.42 Å². The van der Waals surface area contributed by atoms with Gasteiger partial charge >= 0.3 is 0 Å². The second kappa shape index (κ2) is 5.79. The van der Waals surface area contributed by atoms with Crippen molar-refractivity contribution in [1.82, 2.24) is 9.29 Å². The minimum Gasteiger partial charge on any atom is -0.480 e. The summed E-state index contributed by atoms with van der Waals surface area (Å²) in [5.74, 6) is 0.108. The highest BCUT2D eigenvalue weighted by Crippen LogP contribution is 2.26. The van der Waals surface area contributed by atoms with Gasteiger partial charge in [-0.1, -0.05) is 6.92 Å². The SMILES string of the molecule is CCCN(C)S(=O)(=O)c1cc(Br)cnc1OC. The molecule has 0 radical (unpaired) electrons. The number of aromatic nitrogens is 1. The van der Waals surface area contributed by atoms with Crippen LogP contribution in [-0.2, 0) is 10.0 Å². The van der Waals surface area contributed by atoms with E-state index in [0.29, 0.717) is 11.0 Å². The Labute approximate surface area is 110 Å². The smallest absolute Gasteiger partial charge is 0.248 e. The minimum absolute atomic E-state index is 0.0744. The molecule has 0 fully saturated rings. The zero-order valence-electron chi connectivity index (χ0n) is 9.97. The average molecular weight is 323 g/mol. The Kier molecular flexibility index (Phi) is 4.91. The van der Waals surface area contributed by atoms with Crippen molar-refractivity contribution in [3.63, 3.8) is 0 Å². The third kappa shape index (κ3) is 3.17. The molecule has 7 heteroatoms. The fraction of sp³-hybridized carbons (Fsp3) is 0.500. The molecular formula is C10H15BrN2O3S. The van der Waals surface area contributed by atoms with Crippen LogP contribution in [0.3, 0.4) is 0 Å². The Hall–Kier alpha value is -0.660. The third-order valence-corrected chi connectivity index (χ3v) is 4.49. The maximum Gasteiger partial charge on any atom is 0.248 e. The van der Waals surface area contributed by atoms with Crippen molar-refractivity contribution < 1.29 is 13.2 Å². The van der Waals surface area contributed by atoms with Gasteiger partial charge in [0.05, 0.1) is 7.11 Å². The molecule has 96 valence electrons. The lowest BCUT2D eigenvalue weighted by molar-refractivity contribution is 0.381. The predicted molar refractivity (Wildman–Crippen MR) is 68.6 cm³/mol. The van der Waals surface area contributed by atoms with E-state index in [1.807, 2.05) is 6.92 Å². The van der Waals surface area contributed by atoms with Crippen LogP contribution in [0, 0.1) is 0 Å². The van der Waals surface area contributed by atoms with Gasteiger partial charge in [-0.3, -0.25) is 0 Å². The second-order valence-corrected chi connectivity index (χ2v) is 6.42. The van der Waals surface area contributed by atoms with Crippen molar-refractivity contribution in [2.24, 2.45) is 0 Å². The maximum absolute atomic E-state index is 12.2. The first kappa shape index (κ1) is 14.4. The van der Waals surface area contributed by atoms with Crippen molar-refractivity contribution >= 4 is 26.0 Å². The maximum atomic E-state index is 12.2. The molecule has 17 heavy (non-hydrogen) atoms. The summed E-state index contributed by atoms with van der Waals surface area (Å²) in [5, 5.41) is 0. The largest absolute Gasteiger partial charge is 0.480 e. The zero-order chi connectivity index (χ0) is 13.1. The number of rotatable bonds is 5. The van der Waals surface area contributed by atoms with Crippen molar-refractivity contribution in [1.29, 1.82) is 0 Å². The fourth-order valence-corrected chi connectivity index (χ4v) is 3.22. The number of ether oxygens (including phenoxy) is 1. The van der Waals surface area contributed by atoms with Gasteiger partial charge in [0.2, 0.25) is 15.9 Å². The first-order valence-corrected chi connectivity index (χ1v) is 7.32. The molecule has 0 atom stereocenters. The first-order chi connectivity index (χ1) is 7.93. The minimum atomic E-state index is -3.55. The van der Waals surface area contributed by atoms with Crippen LogP contribution >= 0.6 is 15.9 Å². The van der Waals surface area contributed by atoms with Gasteiger partial charge in [-0.15, -0.1) is 0 Å². The normalized spacial score (nSPS) is 11.8. The van der Waals surface area contributed by atoms with E-state index in [0.717, 1.165) is 6.42 Å². The molecule has 1 aromatic heterocycles. The van der Waals surface area contributed by atoms with Crippen molar-refractivity contribution in [3.05, 3.63) is 16.7 Å². The highest BCUT2D eigenvalue weighted by molar-refractivity contribution is 9.10. The molecule has 0 aliphatic rings. The topological polar surface area (TPSA) is 59.5 Å². The molecular weight excluding hydrogens is 308 g/mol. The summed E-state index contributed by atoms with van der Waals surface area (Å²) in [7, 11) is -0.612. The number of hydrogen-bond donors (Lipinski definition) is 0. The van der Waals surface area contributed by atoms with Crippen LogP contribution in [-0.4, -0.2) is 38.4 Å². The molecule has 1 rings (SSSR count). The fourth-order valence-electron chi connectivity index (χ4n) is 1.35. The summed E-state index contributed by atoms with van der Waals surface area (Å²) in [6.45, 7) is 2.38. The predicted octanol–water partition coefficient (Wildman–Crippen LogP) is 1.88. The Morgan fingerprint density at radius 3 is 2.71 bits per heavy atom. The molecule has 0 unspecified atom stereocenters. The standard InChI is InChI=1S/C10H15BrN2O3S/c1-4-5-13(2)17(14,15)9-6-8(11)7-12-10(9)16-3/h6-7H,4-5H2,1-3H3. The lowest BCUT2D eigenvalue weighted by atomic mass is 10.5. The quantitative estimate of drug-likeness (QED) is 0.830. The average Bonchev–Trinajstić information content (AvgIpc) is 2.29. The van der Waals surface area contributed by atoms with Crippen molar-refractivity contribution in [3.8, 4) is 5.88 Å². The Morgan fingerprint density at radius 1 is 1.53 bits per heavy atom. The molecule has 0 aliphatic heterocycles. The van der Waals surface area contributed by atoms with Crippen LogP contribution in [0.4, 0.5) is 0 Å². The van der Waals surface area contributed by atoms with Crippen LogP contribution < -0.4 is 4.74 Å². The Balaban J connectivity index is 3.27. The summed E-state index contributed by atoms with van der Waals surface area (Å²) < 4.78 is 31.3. The monoisotopic (exact) mass is 322 g/mol. The molecule has 0 spiro atoms. The van der Waals surface area contributed by atoms with Gasteiger partial charge < -0.3 is 4.74 Å². The summed E-state index contributed by atoms with van der Waals surface area (Å²) in [6.07, 6.45) is 2.25. The molecule has 1 aromatic rings. The van der Waals surface area contributed by atoms with Gasteiger partial charge in [-0.05, 0) is 28.4 Å². The molecule has 0 aliphatic carbocycles. The van der Waals surface area contributed by atoms with E-state index in [-0.39, 0.29) is 10.8 Å². The zero-order valence-corrected chi connectivity index (χ0v) is 12.4. The lowest BCUT2D eigenvalue weighted by Crippen LogP contribution is -2.28. The number of nitrogens with zero attached hydrogens (tertiary/aromatic N) is 2. The van der Waals surface area contributed by atoms with Gasteiger partial charge in [0.1, 0.15) is 4.90 Å². The molecule has 0 bridgehead atoms. The Bertz CT molecular complexity index is 490. The molecule has 5 nitrogen and oxygen atoms in total. The highest BCUT2D eigenvalue weighted by atomic mass is 79.9. The van der Waals surface area contributed by atoms with E-state index in [1.165, 1.54) is 23.7 Å². The molecule has 0 aromatic carbocycles. The van der Waals surface area contributed by atoms with Crippen LogP contribution in [0.5, 0.6) is 5.88 Å². The van der Waals surface area contributed by atoms with Crippen LogP contribution in [0.25, 0.3) is 0 Å². The van der Waals surface area contributed by atoms with E-state index >= 15 is 0 Å². The molecule has 0 N–H and O–H groups in total. The van der Waals surface area contributed by atoms with Gasteiger partial charge in [0, 0.05) is 24.3 Å². The second-order valence-electron chi connectivity index (χ2n) is 3.49. The highest BCUT2D eigenvalue weighted by Gasteiger charge is 2.25. The van der Waals surface area contributed by atoms with Crippen molar-refractivity contribution in [2.45, 2.75) is 18.2 Å². The van der Waals surface area contributed by atoms with Gasteiger partial charge in [-0.25, -0.2) is 17.7 Å². The van der Waals surface area contributed by atoms with E-state index < -0.39 is 10.0 Å². The lowest BCUT2D eigenvalue weighted by Gasteiger charge is -2.17. The summed E-state index contributed by atoms with van der Waals surface area (Å²) in [4.78, 5) is 4.00. The first-order valence-electron chi connectivity index (χ1n) is 5.09. The number of sulfonamides is 1. The number of methoxy groups -OCH3 is 1. The van der Waals surface area contributed by atoms with E-state index in [4.69, 9.17) is 4.74 Å². The van der Waals surface area contributed by atoms with Gasteiger partial charge in [-0.2, -0.15) is 0 Å². The number of hydrogen-bond acceptors (Lipinski definition) is 4. The van der Waals surface area contributed by atoms with Gasteiger partial charge in [0.25, 0.3) is 0 Å². The molecule has 0 amide bonds. The molecule has 0 saturated carbocycles. The van der Waals surface area contributed by atoms with Crippen LogP contribution in [0.15, 0.2) is 21.6 Å².